The van der Waals surface area contributed by atoms with Crippen LogP contribution in [0.4, 0.5) is 4.79 Å². The summed E-state index contributed by atoms with van der Waals surface area (Å²) in [5.74, 6) is -0.420. The van der Waals surface area contributed by atoms with Crippen molar-refractivity contribution in [1.29, 1.82) is 0 Å². The van der Waals surface area contributed by atoms with E-state index in [0.717, 1.165) is 27.6 Å². The number of hydrogen-bond donors (Lipinski definition) is 3. The second kappa shape index (κ2) is 12.1. The van der Waals surface area contributed by atoms with Crippen molar-refractivity contribution < 1.29 is 24.6 Å². The van der Waals surface area contributed by atoms with Gasteiger partial charge in [0.1, 0.15) is 18.0 Å². The van der Waals surface area contributed by atoms with Crippen molar-refractivity contribution in [3.63, 3.8) is 0 Å². The highest BCUT2D eigenvalue weighted by atomic mass is 16.3. The van der Waals surface area contributed by atoms with E-state index in [1.807, 2.05) is 60.7 Å². The quantitative estimate of drug-likeness (QED) is 0.309. The highest BCUT2D eigenvalue weighted by Crippen LogP contribution is 2.32. The summed E-state index contributed by atoms with van der Waals surface area (Å²) in [6.45, 7) is 0.232. The smallest absolute Gasteiger partial charge is 0.319 e. The van der Waals surface area contributed by atoms with Crippen LogP contribution < -0.4 is 5.32 Å². The van der Waals surface area contributed by atoms with Gasteiger partial charge in [-0.3, -0.25) is 19.5 Å². The number of urea groups is 1. The maximum absolute atomic E-state index is 14.2. The van der Waals surface area contributed by atoms with Gasteiger partial charge in [0.05, 0.1) is 24.7 Å². The lowest BCUT2D eigenvalue weighted by Crippen LogP contribution is -2.74. The van der Waals surface area contributed by atoms with E-state index in [1.54, 1.807) is 35.4 Å². The first-order valence-corrected chi connectivity index (χ1v) is 14.3. The highest BCUT2D eigenvalue weighted by molar-refractivity contribution is 5.92. The summed E-state index contributed by atoms with van der Waals surface area (Å²) in [7, 11) is 0. The second-order valence-corrected chi connectivity index (χ2v) is 11.0. The number of aromatic hydroxyl groups is 1. The number of piperazine rings is 1. The van der Waals surface area contributed by atoms with Crippen molar-refractivity contribution in [3.8, 4) is 5.75 Å². The summed E-state index contributed by atoms with van der Waals surface area (Å²) < 4.78 is 0. The van der Waals surface area contributed by atoms with E-state index in [-0.39, 0.29) is 56.6 Å². The lowest BCUT2D eigenvalue weighted by Gasteiger charge is -2.54. The summed E-state index contributed by atoms with van der Waals surface area (Å²) in [6, 6.07) is 23.6. The lowest BCUT2D eigenvalue weighted by atomic mass is 9.94. The molecule has 0 radical (unpaired) electrons. The zero-order chi connectivity index (χ0) is 29.9. The first-order chi connectivity index (χ1) is 20.9. The number of carbonyl (C=O) groups is 3. The SMILES string of the molecule is O=C1[C@H](Cc2ccc(O)cc2)N2C(=O)C[C@@H](CO)N(C(=O)NCc3ccccc3)C2CN1Cc1cccc2ncccc12. The number of benzene rings is 3. The number of amides is 4. The van der Waals surface area contributed by atoms with Gasteiger partial charge in [-0.25, -0.2) is 4.79 Å². The molecule has 0 spiro atoms. The Kier molecular flexibility index (Phi) is 7.93. The van der Waals surface area contributed by atoms with Crippen molar-refractivity contribution in [2.24, 2.45) is 0 Å². The number of rotatable bonds is 7. The molecule has 2 aliphatic heterocycles. The number of phenols is 1. The van der Waals surface area contributed by atoms with Gasteiger partial charge in [-0.15, -0.1) is 0 Å². The minimum atomic E-state index is -0.882. The Labute approximate surface area is 249 Å². The Morgan fingerprint density at radius 3 is 2.49 bits per heavy atom. The number of hydrogen-bond acceptors (Lipinski definition) is 6. The van der Waals surface area contributed by atoms with E-state index in [2.05, 4.69) is 10.3 Å². The average Bonchev–Trinajstić information content (AvgIpc) is 3.03. The Morgan fingerprint density at radius 2 is 1.72 bits per heavy atom. The fourth-order valence-corrected chi connectivity index (χ4v) is 6.14. The van der Waals surface area contributed by atoms with Crippen molar-refractivity contribution in [2.75, 3.05) is 13.2 Å². The third-order valence-corrected chi connectivity index (χ3v) is 8.24. The molecule has 0 aliphatic carbocycles. The van der Waals surface area contributed by atoms with Crippen LogP contribution in [0, 0.1) is 0 Å². The van der Waals surface area contributed by atoms with Gasteiger partial charge < -0.3 is 25.3 Å². The largest absolute Gasteiger partial charge is 0.508 e. The topological polar surface area (TPSA) is 126 Å². The molecule has 3 atom stereocenters. The molecular weight excluding hydrogens is 546 g/mol. The third kappa shape index (κ3) is 5.74. The number of nitrogens with one attached hydrogen (secondary N) is 1. The fraction of sp³-hybridized carbons (Fsp3) is 0.273. The molecular formula is C33H33N5O5. The van der Waals surface area contributed by atoms with Gasteiger partial charge in [0.25, 0.3) is 0 Å². The molecule has 4 aromatic rings. The molecule has 10 heteroatoms. The molecule has 4 amide bonds. The number of aliphatic hydroxyl groups is 1. The van der Waals surface area contributed by atoms with Crippen LogP contribution in [0.3, 0.4) is 0 Å². The van der Waals surface area contributed by atoms with E-state index < -0.39 is 24.3 Å². The minimum Gasteiger partial charge on any atom is -0.508 e. The lowest BCUT2D eigenvalue weighted by molar-refractivity contribution is -0.171. The fourth-order valence-electron chi connectivity index (χ4n) is 6.14. The van der Waals surface area contributed by atoms with Crippen LogP contribution >= 0.6 is 0 Å². The summed E-state index contributed by atoms with van der Waals surface area (Å²) in [6.07, 6.45) is 1.04. The van der Waals surface area contributed by atoms with E-state index in [4.69, 9.17) is 0 Å². The average molecular weight is 580 g/mol. The van der Waals surface area contributed by atoms with Crippen LogP contribution in [-0.2, 0) is 29.1 Å². The van der Waals surface area contributed by atoms with Gasteiger partial charge in [-0.1, -0.05) is 60.7 Å². The molecule has 6 rings (SSSR count). The predicted octanol–water partition coefficient (Wildman–Crippen LogP) is 3.03. The Hall–Kier alpha value is -4.96. The number of pyridine rings is 1. The zero-order valence-electron chi connectivity index (χ0n) is 23.5. The molecule has 1 aromatic heterocycles. The monoisotopic (exact) mass is 579 g/mol. The number of aromatic nitrogens is 1. The molecule has 3 N–H and O–H groups in total. The van der Waals surface area contributed by atoms with Crippen LogP contribution in [-0.4, -0.2) is 79.1 Å². The minimum absolute atomic E-state index is 0.0859. The number of aliphatic hydroxyl groups excluding tert-OH is 1. The molecule has 0 saturated carbocycles. The number of phenolic OH excluding ortho intramolecular Hbond substituents is 1. The maximum Gasteiger partial charge on any atom is 0.319 e. The Balaban J connectivity index is 1.36. The standard InChI is InChI=1S/C33H33N5O5/c39-21-25-17-31(41)38-29(16-22-11-13-26(40)14-12-22)32(42)36(19-24-8-4-10-28-27(24)9-5-15-34-28)20-30(38)37(25)33(43)35-18-23-6-2-1-3-7-23/h1-15,25,29-30,39-40H,16-21H2,(H,35,43)/t25-,29-,30?/m0/s1. The first-order valence-electron chi connectivity index (χ1n) is 14.3. The van der Waals surface area contributed by atoms with Crippen LogP contribution in [0.1, 0.15) is 23.1 Å². The van der Waals surface area contributed by atoms with Crippen molar-refractivity contribution in [2.45, 2.75) is 44.2 Å². The summed E-state index contributed by atoms with van der Waals surface area (Å²) >= 11 is 0. The van der Waals surface area contributed by atoms with E-state index in [0.29, 0.717) is 0 Å². The molecule has 43 heavy (non-hydrogen) atoms. The summed E-state index contributed by atoms with van der Waals surface area (Å²) in [5, 5.41) is 24.0. The van der Waals surface area contributed by atoms with Crippen LogP contribution in [0.25, 0.3) is 10.9 Å². The Bertz CT molecular complexity index is 1620. The molecule has 2 saturated heterocycles. The van der Waals surface area contributed by atoms with Gasteiger partial charge in [-0.05, 0) is 41.0 Å². The summed E-state index contributed by atoms with van der Waals surface area (Å²) in [5.41, 5.74) is 3.39. The normalized spacial score (nSPS) is 20.3. The van der Waals surface area contributed by atoms with Crippen molar-refractivity contribution >= 4 is 28.7 Å². The van der Waals surface area contributed by atoms with Crippen LogP contribution in [0.15, 0.2) is 91.1 Å². The van der Waals surface area contributed by atoms with Gasteiger partial charge in [0, 0.05) is 37.5 Å². The molecule has 2 aliphatic rings. The Morgan fingerprint density at radius 1 is 0.930 bits per heavy atom. The number of carbonyl (C=O) groups excluding carboxylic acids is 3. The maximum atomic E-state index is 14.2. The number of nitrogens with zero attached hydrogens (tertiary/aromatic N) is 4. The van der Waals surface area contributed by atoms with Gasteiger partial charge in [0.15, 0.2) is 0 Å². The van der Waals surface area contributed by atoms with Crippen molar-refractivity contribution in [3.05, 3.63) is 108 Å². The second-order valence-electron chi connectivity index (χ2n) is 11.0. The molecule has 3 heterocycles. The molecule has 10 nitrogen and oxygen atoms in total. The zero-order valence-corrected chi connectivity index (χ0v) is 23.5. The van der Waals surface area contributed by atoms with Crippen LogP contribution in [0.5, 0.6) is 5.75 Å². The molecule has 1 unspecified atom stereocenters. The summed E-state index contributed by atoms with van der Waals surface area (Å²) in [4.78, 5) is 50.7. The molecule has 0 bridgehead atoms. The molecule has 3 aromatic carbocycles. The van der Waals surface area contributed by atoms with E-state index >= 15 is 0 Å². The molecule has 220 valence electrons. The van der Waals surface area contributed by atoms with E-state index in [9.17, 15) is 24.6 Å². The predicted molar refractivity (Wildman–Crippen MR) is 159 cm³/mol. The molecule has 2 fully saturated rings. The first kappa shape index (κ1) is 28.2. The van der Waals surface area contributed by atoms with Crippen LogP contribution in [0.2, 0.25) is 0 Å². The highest BCUT2D eigenvalue weighted by Gasteiger charge is 2.51. The van der Waals surface area contributed by atoms with Gasteiger partial charge in [0.2, 0.25) is 11.8 Å². The van der Waals surface area contributed by atoms with Gasteiger partial charge >= 0.3 is 6.03 Å². The number of fused-ring (bicyclic) bond motifs is 2. The third-order valence-electron chi connectivity index (χ3n) is 8.24. The van der Waals surface area contributed by atoms with Crippen molar-refractivity contribution in [1.82, 2.24) is 25.0 Å². The van der Waals surface area contributed by atoms with Gasteiger partial charge in [-0.2, -0.15) is 0 Å². The van der Waals surface area contributed by atoms with E-state index in [1.165, 1.54) is 9.80 Å².